The number of carbonyl (C=O) groups excluding carboxylic acids is 3. The lowest BCUT2D eigenvalue weighted by molar-refractivity contribution is -0.274. The number of amides is 1. The van der Waals surface area contributed by atoms with E-state index in [1.807, 2.05) is 0 Å². The van der Waals surface area contributed by atoms with Crippen molar-refractivity contribution in [3.63, 3.8) is 0 Å². The third-order valence-electron chi connectivity index (χ3n) is 2.75. The van der Waals surface area contributed by atoms with Crippen molar-refractivity contribution in [1.29, 1.82) is 0 Å². The van der Waals surface area contributed by atoms with E-state index in [-0.39, 0.29) is 18.9 Å². The van der Waals surface area contributed by atoms with E-state index in [1.165, 1.54) is 0 Å². The van der Waals surface area contributed by atoms with Crippen LogP contribution in [0.2, 0.25) is 0 Å². The van der Waals surface area contributed by atoms with E-state index < -0.39 is 35.5 Å². The second-order valence-electron chi connectivity index (χ2n) is 4.42. The summed E-state index contributed by atoms with van der Waals surface area (Å²) in [5.41, 5.74) is 0.131. The number of carbonyl (C=O) groups is 3. The van der Waals surface area contributed by atoms with Crippen molar-refractivity contribution in [2.75, 3.05) is 18.5 Å². The van der Waals surface area contributed by atoms with E-state index in [0.717, 1.165) is 24.3 Å². The average molecular weight is 317 g/mol. The SMILES string of the molecule is O=C1COCC(=O)C1C(=O)Nc1ccc(OC(F)(F)F)cc1. The van der Waals surface area contributed by atoms with Crippen molar-refractivity contribution in [3.05, 3.63) is 24.3 Å². The van der Waals surface area contributed by atoms with Crippen LogP contribution in [0, 0.1) is 5.92 Å². The molecule has 1 aromatic carbocycles. The zero-order chi connectivity index (χ0) is 16.3. The van der Waals surface area contributed by atoms with E-state index in [0.29, 0.717) is 0 Å². The molecule has 1 fully saturated rings. The molecule has 1 N–H and O–H groups in total. The zero-order valence-electron chi connectivity index (χ0n) is 11.0. The highest BCUT2D eigenvalue weighted by molar-refractivity contribution is 6.23. The minimum atomic E-state index is -4.81. The van der Waals surface area contributed by atoms with Crippen LogP contribution < -0.4 is 10.1 Å². The highest BCUT2D eigenvalue weighted by Crippen LogP contribution is 2.24. The summed E-state index contributed by atoms with van der Waals surface area (Å²) in [6.07, 6.45) is -4.81. The van der Waals surface area contributed by atoms with Crippen molar-refractivity contribution >= 4 is 23.2 Å². The summed E-state index contributed by atoms with van der Waals surface area (Å²) in [6.45, 7) is -0.662. The molecule has 2 rings (SSSR count). The molecule has 0 spiro atoms. The molecule has 22 heavy (non-hydrogen) atoms. The minimum Gasteiger partial charge on any atom is -0.406 e. The van der Waals surface area contributed by atoms with Gasteiger partial charge in [-0.15, -0.1) is 13.2 Å². The standard InChI is InChI=1S/C13H10F3NO5/c14-13(15,16)22-8-3-1-7(2-4-8)17-12(20)11-9(18)5-21-6-10(11)19/h1-4,11H,5-6H2,(H,17,20). The van der Waals surface area contributed by atoms with Crippen LogP contribution in [0.5, 0.6) is 5.75 Å². The Balaban J connectivity index is 2.02. The molecule has 0 bridgehead atoms. The van der Waals surface area contributed by atoms with Gasteiger partial charge in [0.1, 0.15) is 19.0 Å². The third kappa shape index (κ3) is 4.04. The highest BCUT2D eigenvalue weighted by Gasteiger charge is 2.37. The Labute approximate surface area is 122 Å². The Morgan fingerprint density at radius 1 is 1.14 bits per heavy atom. The predicted molar refractivity (Wildman–Crippen MR) is 66.1 cm³/mol. The molecule has 6 nitrogen and oxygen atoms in total. The lowest BCUT2D eigenvalue weighted by Gasteiger charge is -2.19. The van der Waals surface area contributed by atoms with Crippen molar-refractivity contribution < 1.29 is 37.0 Å². The smallest absolute Gasteiger partial charge is 0.406 e. The fourth-order valence-electron chi connectivity index (χ4n) is 1.85. The summed E-state index contributed by atoms with van der Waals surface area (Å²) in [6, 6.07) is 4.31. The Hall–Kier alpha value is -2.42. The lowest BCUT2D eigenvalue weighted by Crippen LogP contribution is -2.43. The largest absolute Gasteiger partial charge is 0.573 e. The molecule has 9 heteroatoms. The van der Waals surface area contributed by atoms with Gasteiger partial charge in [-0.3, -0.25) is 14.4 Å². The fraction of sp³-hybridized carbons (Fsp3) is 0.308. The molecule has 0 aliphatic carbocycles. The summed E-state index contributed by atoms with van der Waals surface area (Å²) in [5, 5.41) is 2.29. The summed E-state index contributed by atoms with van der Waals surface area (Å²) in [7, 11) is 0. The first-order chi connectivity index (χ1) is 10.3. The van der Waals surface area contributed by atoms with Crippen LogP contribution in [-0.2, 0) is 19.1 Å². The highest BCUT2D eigenvalue weighted by atomic mass is 19.4. The molecule has 118 valence electrons. The van der Waals surface area contributed by atoms with Gasteiger partial charge in [0.25, 0.3) is 0 Å². The topological polar surface area (TPSA) is 81.7 Å². The molecule has 0 unspecified atom stereocenters. The number of halogens is 3. The quantitative estimate of drug-likeness (QED) is 0.850. The molecule has 0 radical (unpaired) electrons. The van der Waals surface area contributed by atoms with Gasteiger partial charge in [-0.25, -0.2) is 0 Å². The Morgan fingerprint density at radius 2 is 1.68 bits per heavy atom. The lowest BCUT2D eigenvalue weighted by atomic mass is 9.96. The van der Waals surface area contributed by atoms with Crippen LogP contribution in [0.3, 0.4) is 0 Å². The number of hydrogen-bond acceptors (Lipinski definition) is 5. The molecule has 1 aliphatic heterocycles. The van der Waals surface area contributed by atoms with Crippen molar-refractivity contribution in [2.45, 2.75) is 6.36 Å². The fourth-order valence-corrected chi connectivity index (χ4v) is 1.85. The van der Waals surface area contributed by atoms with E-state index in [2.05, 4.69) is 14.8 Å². The number of anilines is 1. The molecule has 1 heterocycles. The molecule has 1 aliphatic rings. The number of nitrogens with one attached hydrogen (secondary N) is 1. The van der Waals surface area contributed by atoms with Crippen LogP contribution in [0.15, 0.2) is 24.3 Å². The van der Waals surface area contributed by atoms with Crippen LogP contribution >= 0.6 is 0 Å². The number of rotatable bonds is 3. The van der Waals surface area contributed by atoms with Crippen molar-refractivity contribution in [2.24, 2.45) is 5.92 Å². The van der Waals surface area contributed by atoms with Crippen LogP contribution in [-0.4, -0.2) is 37.0 Å². The average Bonchev–Trinajstić information content (AvgIpc) is 2.39. The van der Waals surface area contributed by atoms with Crippen LogP contribution in [0.1, 0.15) is 0 Å². The van der Waals surface area contributed by atoms with Gasteiger partial charge in [-0.05, 0) is 24.3 Å². The molecule has 0 saturated carbocycles. The van der Waals surface area contributed by atoms with Gasteiger partial charge >= 0.3 is 6.36 Å². The zero-order valence-corrected chi connectivity index (χ0v) is 11.0. The summed E-state index contributed by atoms with van der Waals surface area (Å²) in [5.74, 6) is -4.08. The van der Waals surface area contributed by atoms with Crippen molar-refractivity contribution in [1.82, 2.24) is 0 Å². The molecule has 1 aromatic rings. The first kappa shape index (κ1) is 16.0. The maximum atomic E-state index is 12.0. The number of ketones is 2. The Kier molecular flexibility index (Phi) is 4.45. The minimum absolute atomic E-state index is 0.131. The van der Waals surface area contributed by atoms with Gasteiger partial charge < -0.3 is 14.8 Å². The predicted octanol–water partition coefficient (Wildman–Crippen LogP) is 1.31. The van der Waals surface area contributed by atoms with E-state index in [1.54, 1.807) is 0 Å². The number of Topliss-reactive ketones (excluding diaryl/α,β-unsaturated/α-hetero) is 2. The normalized spacial score (nSPS) is 16.5. The Bertz CT molecular complexity index is 581. The maximum Gasteiger partial charge on any atom is 0.573 e. The Morgan fingerprint density at radius 3 is 2.18 bits per heavy atom. The second-order valence-corrected chi connectivity index (χ2v) is 4.42. The first-order valence-electron chi connectivity index (χ1n) is 6.06. The van der Waals surface area contributed by atoms with Gasteiger partial charge in [-0.1, -0.05) is 0 Å². The summed E-state index contributed by atoms with van der Waals surface area (Å²) < 4.78 is 44.4. The third-order valence-corrected chi connectivity index (χ3v) is 2.75. The van der Waals surface area contributed by atoms with Gasteiger partial charge in [0.05, 0.1) is 0 Å². The monoisotopic (exact) mass is 317 g/mol. The number of benzene rings is 1. The maximum absolute atomic E-state index is 12.0. The second kappa shape index (κ2) is 6.14. The first-order valence-corrected chi connectivity index (χ1v) is 6.06. The van der Waals surface area contributed by atoms with E-state index in [9.17, 15) is 27.6 Å². The molecular weight excluding hydrogens is 307 g/mol. The summed E-state index contributed by atoms with van der Waals surface area (Å²) >= 11 is 0. The van der Waals surface area contributed by atoms with Crippen LogP contribution in [0.25, 0.3) is 0 Å². The van der Waals surface area contributed by atoms with Gasteiger partial charge in [0.2, 0.25) is 5.91 Å². The van der Waals surface area contributed by atoms with Crippen molar-refractivity contribution in [3.8, 4) is 5.75 Å². The molecular formula is C13H10F3NO5. The number of ether oxygens (including phenoxy) is 2. The van der Waals surface area contributed by atoms with Gasteiger partial charge in [-0.2, -0.15) is 0 Å². The number of alkyl halides is 3. The molecule has 0 atom stereocenters. The van der Waals surface area contributed by atoms with Crippen LogP contribution in [0.4, 0.5) is 18.9 Å². The van der Waals surface area contributed by atoms with E-state index >= 15 is 0 Å². The summed E-state index contributed by atoms with van der Waals surface area (Å²) in [4.78, 5) is 34.9. The van der Waals surface area contributed by atoms with Gasteiger partial charge in [0.15, 0.2) is 17.5 Å². The molecule has 0 aromatic heterocycles. The molecule has 1 amide bonds. The van der Waals surface area contributed by atoms with Gasteiger partial charge in [0, 0.05) is 5.69 Å². The van der Waals surface area contributed by atoms with E-state index in [4.69, 9.17) is 0 Å². The molecule has 1 saturated heterocycles. The number of hydrogen-bond donors (Lipinski definition) is 1.